The van der Waals surface area contributed by atoms with Crippen LogP contribution in [0.15, 0.2) is 132 Å². The smallest absolute Gasteiger partial charge is 0.144 e. The lowest BCUT2D eigenvalue weighted by Gasteiger charge is -2.09. The van der Waals surface area contributed by atoms with Gasteiger partial charge in [0.2, 0.25) is 0 Å². The van der Waals surface area contributed by atoms with Crippen molar-refractivity contribution in [3.63, 3.8) is 0 Å². The number of hydrogen-bond acceptors (Lipinski definition) is 1. The summed E-state index contributed by atoms with van der Waals surface area (Å²) in [6.07, 6.45) is 0. The number of hydrogen-bond donors (Lipinski definition) is 0. The van der Waals surface area contributed by atoms with Gasteiger partial charge >= 0.3 is 0 Å². The average molecular weight is 436 g/mol. The monoisotopic (exact) mass is 435 g/mol. The van der Waals surface area contributed by atoms with Crippen molar-refractivity contribution in [1.29, 1.82) is 0 Å². The molecule has 34 heavy (non-hydrogen) atoms. The molecule has 0 spiro atoms. The van der Waals surface area contributed by atoms with Gasteiger partial charge in [0.15, 0.2) is 0 Å². The van der Waals surface area contributed by atoms with Crippen LogP contribution in [-0.4, -0.2) is 4.57 Å². The van der Waals surface area contributed by atoms with E-state index in [1.54, 1.807) is 0 Å². The van der Waals surface area contributed by atoms with Gasteiger partial charge in [0.1, 0.15) is 11.3 Å². The Bertz CT molecular complexity index is 1770. The van der Waals surface area contributed by atoms with Crippen LogP contribution in [0.5, 0.6) is 0 Å². The summed E-state index contributed by atoms with van der Waals surface area (Å²) in [6, 6.07) is 44.7. The van der Waals surface area contributed by atoms with E-state index in [2.05, 4.69) is 114 Å². The number of furan rings is 1. The Kier molecular flexibility index (Phi) is 4.18. The minimum absolute atomic E-state index is 0.896. The van der Waals surface area contributed by atoms with E-state index in [4.69, 9.17) is 4.42 Å². The fourth-order valence-electron chi connectivity index (χ4n) is 5.01. The molecule has 0 saturated carbocycles. The third-order valence-electron chi connectivity index (χ3n) is 6.61. The molecule has 2 heteroatoms. The van der Waals surface area contributed by atoms with Gasteiger partial charge in [-0.2, -0.15) is 0 Å². The van der Waals surface area contributed by atoms with Crippen molar-refractivity contribution in [2.24, 2.45) is 0 Å². The molecule has 0 amide bonds. The highest BCUT2D eigenvalue weighted by molar-refractivity contribution is 6.20. The topological polar surface area (TPSA) is 18.1 Å². The Labute approximate surface area is 197 Å². The first-order chi connectivity index (χ1) is 16.9. The van der Waals surface area contributed by atoms with Crippen LogP contribution in [0.3, 0.4) is 0 Å². The van der Waals surface area contributed by atoms with E-state index >= 15 is 0 Å². The van der Waals surface area contributed by atoms with Crippen molar-refractivity contribution in [1.82, 2.24) is 4.57 Å². The van der Waals surface area contributed by atoms with Gasteiger partial charge in [0.25, 0.3) is 0 Å². The van der Waals surface area contributed by atoms with Crippen LogP contribution in [0.1, 0.15) is 0 Å². The molecular weight excluding hydrogens is 414 g/mol. The molecule has 160 valence electrons. The summed E-state index contributed by atoms with van der Waals surface area (Å²) in [5.74, 6) is 0.896. The van der Waals surface area contributed by atoms with E-state index in [-0.39, 0.29) is 0 Å². The molecule has 0 aliphatic carbocycles. The maximum atomic E-state index is 6.49. The maximum Gasteiger partial charge on any atom is 0.144 e. The van der Waals surface area contributed by atoms with Crippen LogP contribution in [0, 0.1) is 0 Å². The van der Waals surface area contributed by atoms with Gasteiger partial charge in [-0.3, -0.25) is 0 Å². The molecule has 7 aromatic rings. The third-order valence-corrected chi connectivity index (χ3v) is 6.61. The predicted molar refractivity (Wildman–Crippen MR) is 141 cm³/mol. The number of nitrogens with zero attached hydrogens (tertiary/aromatic N) is 1. The molecule has 0 aliphatic heterocycles. The van der Waals surface area contributed by atoms with E-state index in [0.29, 0.717) is 0 Å². The van der Waals surface area contributed by atoms with Crippen molar-refractivity contribution in [3.8, 4) is 28.1 Å². The zero-order valence-electron chi connectivity index (χ0n) is 18.5. The summed E-state index contributed by atoms with van der Waals surface area (Å²) >= 11 is 0. The minimum Gasteiger partial charge on any atom is -0.455 e. The average Bonchev–Trinajstić information content (AvgIpc) is 3.49. The SMILES string of the molecule is c1ccc(-c2ccc(-n3c4ccccc4c4c5oc(-c6ccccc6)cc5ccc43)cc2)cc1. The molecule has 2 nitrogen and oxygen atoms in total. The predicted octanol–water partition coefficient (Wildman–Crippen LogP) is 8.86. The molecule has 2 aromatic heterocycles. The van der Waals surface area contributed by atoms with Gasteiger partial charge in [-0.15, -0.1) is 0 Å². The molecule has 2 heterocycles. The fourth-order valence-corrected chi connectivity index (χ4v) is 5.01. The minimum atomic E-state index is 0.896. The van der Waals surface area contributed by atoms with Crippen molar-refractivity contribution < 1.29 is 4.42 Å². The second-order valence-corrected chi connectivity index (χ2v) is 8.62. The molecular formula is C32H21NO. The summed E-state index contributed by atoms with van der Waals surface area (Å²) < 4.78 is 8.83. The highest BCUT2D eigenvalue weighted by Gasteiger charge is 2.17. The van der Waals surface area contributed by atoms with Crippen LogP contribution in [0.4, 0.5) is 0 Å². The van der Waals surface area contributed by atoms with Crippen LogP contribution >= 0.6 is 0 Å². The van der Waals surface area contributed by atoms with E-state index < -0.39 is 0 Å². The quantitative estimate of drug-likeness (QED) is 0.271. The van der Waals surface area contributed by atoms with Gasteiger partial charge < -0.3 is 8.98 Å². The first-order valence-electron chi connectivity index (χ1n) is 11.5. The molecule has 0 aliphatic rings. The van der Waals surface area contributed by atoms with Gasteiger partial charge in [0, 0.05) is 22.0 Å². The number of fused-ring (bicyclic) bond motifs is 5. The Morgan fingerprint density at radius 1 is 0.500 bits per heavy atom. The largest absolute Gasteiger partial charge is 0.455 e. The van der Waals surface area contributed by atoms with Crippen molar-refractivity contribution in [2.75, 3.05) is 0 Å². The van der Waals surface area contributed by atoms with E-state index in [0.717, 1.165) is 38.9 Å². The van der Waals surface area contributed by atoms with Gasteiger partial charge in [-0.25, -0.2) is 0 Å². The Morgan fingerprint density at radius 2 is 1.15 bits per heavy atom. The normalized spacial score (nSPS) is 11.5. The highest BCUT2D eigenvalue weighted by atomic mass is 16.3. The molecule has 7 rings (SSSR count). The van der Waals surface area contributed by atoms with Crippen LogP contribution < -0.4 is 0 Å². The molecule has 0 atom stereocenters. The summed E-state index contributed by atoms with van der Waals surface area (Å²) in [7, 11) is 0. The lowest BCUT2D eigenvalue weighted by atomic mass is 10.1. The van der Waals surface area contributed by atoms with Gasteiger partial charge in [-0.1, -0.05) is 91.0 Å². The van der Waals surface area contributed by atoms with E-state index in [1.165, 1.54) is 22.0 Å². The van der Waals surface area contributed by atoms with Crippen LogP contribution in [0.25, 0.3) is 60.9 Å². The second kappa shape index (κ2) is 7.50. The zero-order chi connectivity index (χ0) is 22.5. The third kappa shape index (κ3) is 2.89. The summed E-state index contributed by atoms with van der Waals surface area (Å²) in [5.41, 5.74) is 7.93. The lowest BCUT2D eigenvalue weighted by molar-refractivity contribution is 0.635. The van der Waals surface area contributed by atoms with E-state index in [9.17, 15) is 0 Å². The number of para-hydroxylation sites is 1. The lowest BCUT2D eigenvalue weighted by Crippen LogP contribution is -1.93. The second-order valence-electron chi connectivity index (χ2n) is 8.62. The standard InChI is InChI=1S/C32H21NO/c1-3-9-22(10-4-1)23-15-18-26(19-16-23)33-28-14-8-7-13-27(28)31-29(33)20-17-25-21-30(34-32(25)31)24-11-5-2-6-12-24/h1-21H. The number of benzene rings is 5. The van der Waals surface area contributed by atoms with Crippen molar-refractivity contribution >= 4 is 32.8 Å². The number of aromatic nitrogens is 1. The maximum absolute atomic E-state index is 6.49. The summed E-state index contributed by atoms with van der Waals surface area (Å²) in [5, 5.41) is 3.47. The fraction of sp³-hybridized carbons (Fsp3) is 0. The first kappa shape index (κ1) is 19.0. The van der Waals surface area contributed by atoms with Crippen LogP contribution in [0.2, 0.25) is 0 Å². The Hall–Kier alpha value is -4.56. The van der Waals surface area contributed by atoms with E-state index in [1.807, 2.05) is 18.2 Å². The molecule has 0 fully saturated rings. The molecule has 0 unspecified atom stereocenters. The number of rotatable bonds is 3. The highest BCUT2D eigenvalue weighted by Crippen LogP contribution is 2.39. The molecule has 0 bridgehead atoms. The van der Waals surface area contributed by atoms with Crippen molar-refractivity contribution in [3.05, 3.63) is 127 Å². The first-order valence-corrected chi connectivity index (χ1v) is 11.5. The Morgan fingerprint density at radius 3 is 1.91 bits per heavy atom. The zero-order valence-corrected chi connectivity index (χ0v) is 18.5. The molecule has 0 N–H and O–H groups in total. The summed E-state index contributed by atoms with van der Waals surface area (Å²) in [4.78, 5) is 0. The van der Waals surface area contributed by atoms with Gasteiger partial charge in [-0.05, 0) is 47.5 Å². The van der Waals surface area contributed by atoms with Crippen molar-refractivity contribution in [2.45, 2.75) is 0 Å². The molecule has 5 aromatic carbocycles. The summed E-state index contributed by atoms with van der Waals surface area (Å²) in [6.45, 7) is 0. The molecule has 0 saturated heterocycles. The van der Waals surface area contributed by atoms with Crippen LogP contribution in [-0.2, 0) is 0 Å². The molecule has 0 radical (unpaired) electrons. The Balaban J connectivity index is 1.47. The van der Waals surface area contributed by atoms with Gasteiger partial charge in [0.05, 0.1) is 16.4 Å².